The summed E-state index contributed by atoms with van der Waals surface area (Å²) in [4.78, 5) is 10.8. The molecule has 3 nitrogen and oxygen atoms in total. The van der Waals surface area contributed by atoms with Crippen molar-refractivity contribution < 1.29 is 9.90 Å². The van der Waals surface area contributed by atoms with Crippen molar-refractivity contribution in [1.82, 2.24) is 0 Å². The van der Waals surface area contributed by atoms with Crippen LogP contribution in [0.15, 0.2) is 11.6 Å². The predicted octanol–water partition coefficient (Wildman–Crippen LogP) is 2.59. The second-order valence-electron chi connectivity index (χ2n) is 3.92. The first kappa shape index (κ1) is 16.9. The molecule has 0 heterocycles. The van der Waals surface area contributed by atoms with Crippen LogP contribution in [0.2, 0.25) is 0 Å². The van der Waals surface area contributed by atoms with Gasteiger partial charge in [-0.3, -0.25) is 0 Å². The van der Waals surface area contributed by atoms with Gasteiger partial charge in [0.2, 0.25) is 0 Å². The van der Waals surface area contributed by atoms with E-state index in [9.17, 15) is 4.79 Å². The number of unbranched alkanes of at least 4 members (excludes halogenated alkanes) is 1. The summed E-state index contributed by atoms with van der Waals surface area (Å²) in [7, 11) is 0. The fraction of sp³-hybridized carbons (Fsp3) is 0.727. The Morgan fingerprint density at radius 3 is 2.33 bits per heavy atom. The van der Waals surface area contributed by atoms with Gasteiger partial charge >= 0.3 is 5.97 Å². The van der Waals surface area contributed by atoms with Gasteiger partial charge in [0.05, 0.1) is 0 Å². The summed E-state index contributed by atoms with van der Waals surface area (Å²) in [6.45, 7) is 6.02. The third-order valence-corrected chi connectivity index (χ3v) is 2.24. The molecule has 0 radical (unpaired) electrons. The molecule has 0 aromatic carbocycles. The Kier molecular flexibility index (Phi) is 9.84. The zero-order valence-corrected chi connectivity index (χ0v) is 10.5. The maximum absolute atomic E-state index is 10.8. The van der Waals surface area contributed by atoms with E-state index in [1.165, 1.54) is 0 Å². The Bertz CT molecular complexity index is 215. The number of carboxylic acids is 1. The molecule has 0 rings (SSSR count). The summed E-state index contributed by atoms with van der Waals surface area (Å²) in [6.07, 6.45) is 4.21. The molecule has 0 unspecified atom stereocenters. The van der Waals surface area contributed by atoms with Gasteiger partial charge in [-0.05, 0) is 18.8 Å². The number of hydrogen-bond acceptors (Lipinski definition) is 2. The molecule has 0 saturated heterocycles. The first-order chi connectivity index (χ1) is 6.49. The van der Waals surface area contributed by atoms with Gasteiger partial charge < -0.3 is 10.8 Å². The number of halogens is 1. The van der Waals surface area contributed by atoms with Crippen molar-refractivity contribution in [2.24, 2.45) is 11.7 Å². The van der Waals surface area contributed by atoms with Crippen molar-refractivity contribution in [2.75, 3.05) is 0 Å². The molecule has 0 spiro atoms. The summed E-state index contributed by atoms with van der Waals surface area (Å²) in [5.41, 5.74) is 6.24. The Hall–Kier alpha value is -0.540. The lowest BCUT2D eigenvalue weighted by Crippen LogP contribution is -2.25. The average molecular weight is 236 g/mol. The van der Waals surface area contributed by atoms with E-state index in [0.717, 1.165) is 12.8 Å². The van der Waals surface area contributed by atoms with Gasteiger partial charge in [0.25, 0.3) is 0 Å². The molecule has 0 aliphatic heterocycles. The Balaban J connectivity index is 0. The minimum Gasteiger partial charge on any atom is -0.478 e. The van der Waals surface area contributed by atoms with Crippen LogP contribution in [-0.2, 0) is 4.79 Å². The van der Waals surface area contributed by atoms with Crippen LogP contribution in [0.3, 0.4) is 0 Å². The first-order valence-electron chi connectivity index (χ1n) is 5.18. The number of nitrogens with two attached hydrogens (primary N) is 1. The number of aliphatic carboxylic acids is 1. The third-order valence-electron chi connectivity index (χ3n) is 2.24. The van der Waals surface area contributed by atoms with Crippen LogP contribution in [0.1, 0.15) is 40.0 Å². The van der Waals surface area contributed by atoms with E-state index in [4.69, 9.17) is 10.8 Å². The van der Waals surface area contributed by atoms with Gasteiger partial charge in [-0.2, -0.15) is 0 Å². The average Bonchev–Trinajstić information content (AvgIpc) is 2.10. The minimum absolute atomic E-state index is 0. The summed E-state index contributed by atoms with van der Waals surface area (Å²) < 4.78 is 0. The third kappa shape index (κ3) is 7.40. The van der Waals surface area contributed by atoms with Crippen molar-refractivity contribution in [3.63, 3.8) is 0 Å². The van der Waals surface area contributed by atoms with Crippen molar-refractivity contribution in [3.8, 4) is 0 Å². The topological polar surface area (TPSA) is 63.3 Å². The molecule has 0 fully saturated rings. The quantitative estimate of drug-likeness (QED) is 0.696. The predicted molar refractivity (Wildman–Crippen MR) is 65.3 cm³/mol. The van der Waals surface area contributed by atoms with E-state index < -0.39 is 5.97 Å². The highest BCUT2D eigenvalue weighted by atomic mass is 35.5. The van der Waals surface area contributed by atoms with Gasteiger partial charge in [-0.25, -0.2) is 4.79 Å². The Morgan fingerprint density at radius 1 is 1.47 bits per heavy atom. The second-order valence-corrected chi connectivity index (χ2v) is 3.92. The lowest BCUT2D eigenvalue weighted by atomic mass is 10.00. The van der Waals surface area contributed by atoms with Crippen LogP contribution < -0.4 is 5.73 Å². The fourth-order valence-electron chi connectivity index (χ4n) is 1.05. The van der Waals surface area contributed by atoms with Gasteiger partial charge in [0, 0.05) is 11.6 Å². The van der Waals surface area contributed by atoms with Crippen molar-refractivity contribution >= 4 is 18.4 Å². The van der Waals surface area contributed by atoms with Gasteiger partial charge in [-0.1, -0.05) is 33.3 Å². The molecule has 0 aliphatic carbocycles. The fourth-order valence-corrected chi connectivity index (χ4v) is 1.05. The standard InChI is InChI=1S/C11H21NO2.ClH/c1-4-5-6-9(11(13)14)7-10(12)8(2)3;/h7-8,10H,4-6,12H2,1-3H3,(H,13,14);1H/t10-;/m1./s1. The molecular formula is C11H22ClNO2. The largest absolute Gasteiger partial charge is 0.478 e. The highest BCUT2D eigenvalue weighted by Crippen LogP contribution is 2.11. The summed E-state index contributed by atoms with van der Waals surface area (Å²) in [5.74, 6) is -0.555. The van der Waals surface area contributed by atoms with E-state index in [1.807, 2.05) is 20.8 Å². The molecule has 1 atom stereocenters. The van der Waals surface area contributed by atoms with E-state index in [0.29, 0.717) is 12.0 Å². The number of carboxylic acid groups (broad SMARTS) is 1. The van der Waals surface area contributed by atoms with Crippen LogP contribution in [0, 0.1) is 5.92 Å². The molecular weight excluding hydrogens is 214 g/mol. The molecule has 3 N–H and O–H groups in total. The highest BCUT2D eigenvalue weighted by molar-refractivity contribution is 5.86. The van der Waals surface area contributed by atoms with Crippen LogP contribution in [-0.4, -0.2) is 17.1 Å². The molecule has 0 aliphatic rings. The van der Waals surface area contributed by atoms with Crippen LogP contribution in [0.25, 0.3) is 0 Å². The van der Waals surface area contributed by atoms with Gasteiger partial charge in [-0.15, -0.1) is 12.4 Å². The van der Waals surface area contributed by atoms with E-state index in [-0.39, 0.29) is 24.4 Å². The van der Waals surface area contributed by atoms with Crippen molar-refractivity contribution in [1.29, 1.82) is 0 Å². The number of rotatable bonds is 6. The van der Waals surface area contributed by atoms with E-state index in [1.54, 1.807) is 6.08 Å². The molecule has 0 amide bonds. The molecule has 0 saturated carbocycles. The van der Waals surface area contributed by atoms with E-state index in [2.05, 4.69) is 0 Å². The summed E-state index contributed by atoms with van der Waals surface area (Å²) in [6, 6.07) is -0.155. The van der Waals surface area contributed by atoms with Gasteiger partial charge in [0.15, 0.2) is 0 Å². The maximum atomic E-state index is 10.8. The Labute approximate surface area is 98.1 Å². The lowest BCUT2D eigenvalue weighted by molar-refractivity contribution is -0.132. The highest BCUT2D eigenvalue weighted by Gasteiger charge is 2.11. The zero-order chi connectivity index (χ0) is 11.1. The minimum atomic E-state index is -0.838. The van der Waals surface area contributed by atoms with Crippen molar-refractivity contribution in [3.05, 3.63) is 11.6 Å². The number of carbonyl (C=O) groups is 1. The van der Waals surface area contributed by atoms with Gasteiger partial charge in [0.1, 0.15) is 0 Å². The number of hydrogen-bond donors (Lipinski definition) is 2. The molecule has 0 bridgehead atoms. The Morgan fingerprint density at radius 2 is 2.00 bits per heavy atom. The summed E-state index contributed by atoms with van der Waals surface area (Å²) >= 11 is 0. The maximum Gasteiger partial charge on any atom is 0.331 e. The van der Waals surface area contributed by atoms with Crippen LogP contribution in [0.5, 0.6) is 0 Å². The molecule has 90 valence electrons. The lowest BCUT2D eigenvalue weighted by Gasteiger charge is -2.12. The SMILES string of the molecule is CCCCC(=C[C@@H](N)C(C)C)C(=O)O.Cl. The molecule has 4 heteroatoms. The molecule has 0 aromatic rings. The zero-order valence-electron chi connectivity index (χ0n) is 9.69. The first-order valence-corrected chi connectivity index (χ1v) is 5.18. The normalized spacial score (nSPS) is 13.5. The molecule has 15 heavy (non-hydrogen) atoms. The van der Waals surface area contributed by atoms with Crippen LogP contribution in [0.4, 0.5) is 0 Å². The monoisotopic (exact) mass is 235 g/mol. The van der Waals surface area contributed by atoms with Crippen molar-refractivity contribution in [2.45, 2.75) is 46.1 Å². The summed E-state index contributed by atoms with van der Waals surface area (Å²) in [5, 5.41) is 8.91. The van der Waals surface area contributed by atoms with Crippen LogP contribution >= 0.6 is 12.4 Å². The second kappa shape index (κ2) is 8.74. The van der Waals surface area contributed by atoms with E-state index >= 15 is 0 Å². The molecule has 0 aromatic heterocycles. The smallest absolute Gasteiger partial charge is 0.331 e.